The molecule has 5 heteroatoms. The van der Waals surface area contributed by atoms with E-state index in [-0.39, 0.29) is 28.6 Å². The molecule has 3 rings (SSSR count). The Hall–Kier alpha value is -1.75. The van der Waals surface area contributed by atoms with Crippen molar-refractivity contribution in [3.63, 3.8) is 0 Å². The van der Waals surface area contributed by atoms with Crippen molar-refractivity contribution >= 4 is 34.7 Å². The molecule has 1 aliphatic heterocycles. The van der Waals surface area contributed by atoms with Crippen LogP contribution in [0.25, 0.3) is 0 Å². The molecule has 104 valence electrons. The first-order valence-corrected chi connectivity index (χ1v) is 7.18. The minimum Gasteiger partial charge on any atom is -0.389 e. The summed E-state index contributed by atoms with van der Waals surface area (Å²) in [7, 11) is 0. The van der Waals surface area contributed by atoms with Gasteiger partial charge in [-0.3, -0.25) is 9.59 Å². The van der Waals surface area contributed by atoms with Crippen LogP contribution in [-0.2, 0) is 9.59 Å². The number of hydrogen-bond donors (Lipinski definition) is 1. The molecule has 2 amide bonds. The number of rotatable bonds is 2. The molecule has 2 N–H and O–H groups in total. The summed E-state index contributed by atoms with van der Waals surface area (Å²) >= 11 is 5.09. The number of thiocarbonyl (C=S) groups is 1. The van der Waals surface area contributed by atoms with Crippen LogP contribution >= 0.6 is 12.2 Å². The van der Waals surface area contributed by atoms with Crippen molar-refractivity contribution < 1.29 is 9.59 Å². The van der Waals surface area contributed by atoms with Gasteiger partial charge in [0, 0.05) is 17.4 Å². The highest BCUT2D eigenvalue weighted by molar-refractivity contribution is 7.80. The number of hydrogen-bond acceptors (Lipinski definition) is 3. The third-order valence-corrected chi connectivity index (χ3v) is 4.51. The van der Waals surface area contributed by atoms with Crippen LogP contribution in [0, 0.1) is 18.8 Å². The maximum Gasteiger partial charge on any atom is 0.236 e. The molecule has 1 aromatic rings. The van der Waals surface area contributed by atoms with Crippen molar-refractivity contribution in [2.75, 3.05) is 4.90 Å². The van der Waals surface area contributed by atoms with Crippen LogP contribution in [-0.4, -0.2) is 16.8 Å². The van der Waals surface area contributed by atoms with Crippen LogP contribution in [0.15, 0.2) is 18.2 Å². The number of fused-ring (bicyclic) bond motifs is 2. The topological polar surface area (TPSA) is 63.4 Å². The van der Waals surface area contributed by atoms with Crippen LogP contribution in [0.1, 0.15) is 30.4 Å². The van der Waals surface area contributed by atoms with Crippen molar-refractivity contribution in [1.82, 2.24) is 0 Å². The van der Waals surface area contributed by atoms with Gasteiger partial charge in [-0.05, 0) is 37.8 Å². The predicted molar refractivity (Wildman–Crippen MR) is 80.4 cm³/mol. The zero-order valence-corrected chi connectivity index (χ0v) is 12.1. The lowest BCUT2D eigenvalue weighted by Gasteiger charge is -2.31. The third kappa shape index (κ3) is 1.85. The molecule has 1 aromatic carbocycles. The molecule has 2 fully saturated rings. The number of anilines is 1. The lowest BCUT2D eigenvalue weighted by Crippen LogP contribution is -2.47. The molecule has 0 spiro atoms. The second kappa shape index (κ2) is 4.66. The van der Waals surface area contributed by atoms with E-state index < -0.39 is 0 Å². The Bertz CT molecular complexity index is 604. The summed E-state index contributed by atoms with van der Waals surface area (Å²) in [6.45, 7) is 1.88. The Kier molecular flexibility index (Phi) is 3.09. The van der Waals surface area contributed by atoms with E-state index in [1.54, 1.807) is 6.07 Å². The molecular formula is C15H16N2O2S. The molecule has 1 saturated carbocycles. The van der Waals surface area contributed by atoms with E-state index in [1.165, 1.54) is 4.90 Å². The summed E-state index contributed by atoms with van der Waals surface area (Å²) in [5.74, 6) is -0.270. The molecule has 2 aliphatic rings. The number of imide groups is 1. The summed E-state index contributed by atoms with van der Waals surface area (Å²) < 4.78 is 0. The van der Waals surface area contributed by atoms with E-state index in [0.717, 1.165) is 18.4 Å². The number of benzene rings is 1. The van der Waals surface area contributed by atoms with Gasteiger partial charge in [0.2, 0.25) is 11.8 Å². The van der Waals surface area contributed by atoms with E-state index in [4.69, 9.17) is 18.0 Å². The smallest absolute Gasteiger partial charge is 0.236 e. The second-order valence-electron chi connectivity index (χ2n) is 5.55. The molecule has 0 aromatic heterocycles. The summed E-state index contributed by atoms with van der Waals surface area (Å²) in [4.78, 5) is 26.5. The number of piperidine rings is 1. The lowest BCUT2D eigenvalue weighted by atomic mass is 9.95. The van der Waals surface area contributed by atoms with Gasteiger partial charge in [0.05, 0.1) is 5.69 Å². The van der Waals surface area contributed by atoms with Crippen LogP contribution in [0.2, 0.25) is 0 Å². The van der Waals surface area contributed by atoms with Crippen molar-refractivity contribution in [3.05, 3.63) is 29.3 Å². The lowest BCUT2D eigenvalue weighted by molar-refractivity contribution is -0.132. The molecular weight excluding hydrogens is 272 g/mol. The number of nitrogens with two attached hydrogens (primary N) is 1. The largest absolute Gasteiger partial charge is 0.389 e. The first-order chi connectivity index (χ1) is 9.50. The zero-order chi connectivity index (χ0) is 14.4. The standard InChI is InChI=1S/C15H16N2O2S/c1-8-3-2-4-11(12(8)13(16)20)17-14(18)9-5-6-10(7-9)15(17)19/h2-4,9-10H,5-7H2,1H3,(H2,16,20). The van der Waals surface area contributed by atoms with Gasteiger partial charge in [0.25, 0.3) is 0 Å². The molecule has 1 heterocycles. The normalized spacial score (nSPS) is 25.1. The number of amides is 2. The summed E-state index contributed by atoms with van der Waals surface area (Å²) in [5.41, 5.74) is 7.84. The Morgan fingerprint density at radius 2 is 1.85 bits per heavy atom. The fourth-order valence-electron chi connectivity index (χ4n) is 3.30. The first-order valence-electron chi connectivity index (χ1n) is 6.78. The van der Waals surface area contributed by atoms with Crippen LogP contribution in [0.3, 0.4) is 0 Å². The van der Waals surface area contributed by atoms with Crippen LogP contribution in [0.5, 0.6) is 0 Å². The highest BCUT2D eigenvalue weighted by Crippen LogP contribution is 2.41. The molecule has 4 nitrogen and oxygen atoms in total. The van der Waals surface area contributed by atoms with Gasteiger partial charge >= 0.3 is 0 Å². The molecule has 1 aliphatic carbocycles. The first kappa shape index (κ1) is 13.2. The van der Waals surface area contributed by atoms with E-state index >= 15 is 0 Å². The van der Waals surface area contributed by atoms with Gasteiger partial charge < -0.3 is 5.73 Å². The Labute approximate surface area is 122 Å². The number of carbonyl (C=O) groups excluding carboxylic acids is 2. The molecule has 2 unspecified atom stereocenters. The summed E-state index contributed by atoms with van der Waals surface area (Å²) in [6, 6.07) is 5.46. The van der Waals surface area contributed by atoms with E-state index in [1.807, 2.05) is 19.1 Å². The Morgan fingerprint density at radius 3 is 2.40 bits per heavy atom. The van der Waals surface area contributed by atoms with E-state index in [9.17, 15) is 9.59 Å². The highest BCUT2D eigenvalue weighted by atomic mass is 32.1. The average Bonchev–Trinajstić information content (AvgIpc) is 2.83. The monoisotopic (exact) mass is 288 g/mol. The van der Waals surface area contributed by atoms with Crippen LogP contribution in [0.4, 0.5) is 5.69 Å². The Morgan fingerprint density at radius 1 is 1.25 bits per heavy atom. The highest BCUT2D eigenvalue weighted by Gasteiger charge is 2.46. The summed E-state index contributed by atoms with van der Waals surface area (Å²) in [5, 5.41) is 0. The van der Waals surface area contributed by atoms with E-state index in [0.29, 0.717) is 17.7 Å². The number of carbonyl (C=O) groups is 2. The fourth-order valence-corrected chi connectivity index (χ4v) is 3.57. The average molecular weight is 288 g/mol. The zero-order valence-electron chi connectivity index (χ0n) is 11.3. The van der Waals surface area contributed by atoms with Crippen molar-refractivity contribution in [2.45, 2.75) is 26.2 Å². The maximum atomic E-state index is 12.5. The second-order valence-corrected chi connectivity index (χ2v) is 5.99. The number of aryl methyl sites for hydroxylation is 1. The van der Waals surface area contributed by atoms with Gasteiger partial charge in [-0.1, -0.05) is 24.4 Å². The number of nitrogens with zero attached hydrogens (tertiary/aromatic N) is 1. The Balaban J connectivity index is 2.13. The quantitative estimate of drug-likeness (QED) is 0.667. The maximum absolute atomic E-state index is 12.5. The van der Waals surface area contributed by atoms with Gasteiger partial charge in [0.15, 0.2) is 0 Å². The third-order valence-electron chi connectivity index (χ3n) is 4.31. The molecule has 2 bridgehead atoms. The van der Waals surface area contributed by atoms with Gasteiger partial charge in [0.1, 0.15) is 4.99 Å². The minimum atomic E-state index is -0.105. The van der Waals surface area contributed by atoms with Crippen molar-refractivity contribution in [1.29, 1.82) is 0 Å². The molecule has 1 saturated heterocycles. The van der Waals surface area contributed by atoms with E-state index in [2.05, 4.69) is 0 Å². The summed E-state index contributed by atoms with van der Waals surface area (Å²) in [6.07, 6.45) is 2.31. The van der Waals surface area contributed by atoms with Gasteiger partial charge in [-0.2, -0.15) is 0 Å². The van der Waals surface area contributed by atoms with Crippen molar-refractivity contribution in [3.8, 4) is 0 Å². The van der Waals surface area contributed by atoms with Gasteiger partial charge in [-0.25, -0.2) is 4.90 Å². The van der Waals surface area contributed by atoms with Crippen LogP contribution < -0.4 is 10.6 Å². The molecule has 0 radical (unpaired) electrons. The minimum absolute atomic E-state index is 0.0302. The SMILES string of the molecule is Cc1cccc(N2C(=O)C3CCC(C3)C2=O)c1C(N)=S. The molecule has 20 heavy (non-hydrogen) atoms. The van der Waals surface area contributed by atoms with Crippen molar-refractivity contribution in [2.24, 2.45) is 17.6 Å². The molecule has 2 atom stereocenters. The predicted octanol–water partition coefficient (Wildman–Crippen LogP) is 1.92. The van der Waals surface area contributed by atoms with Gasteiger partial charge in [-0.15, -0.1) is 0 Å². The fraction of sp³-hybridized carbons (Fsp3) is 0.400.